The standard InChI is InChI=1S/C16H17ClFNO4S/c1-24(21,22)19(13-8-6-12(18)7-9-13)10-14(20)11-23-16-5-3-2-4-15(16)17/h2-9,14,20H,10-11H2,1H3. The molecule has 8 heteroatoms. The Labute approximate surface area is 145 Å². The molecule has 0 bridgehead atoms. The van der Waals surface area contributed by atoms with E-state index < -0.39 is 21.9 Å². The van der Waals surface area contributed by atoms with Gasteiger partial charge in [-0.2, -0.15) is 0 Å². The van der Waals surface area contributed by atoms with E-state index >= 15 is 0 Å². The van der Waals surface area contributed by atoms with Gasteiger partial charge in [-0.3, -0.25) is 4.31 Å². The molecular formula is C16H17ClFNO4S. The van der Waals surface area contributed by atoms with Crippen molar-refractivity contribution >= 4 is 27.3 Å². The number of halogens is 2. The molecule has 0 spiro atoms. The minimum atomic E-state index is -3.65. The van der Waals surface area contributed by atoms with Crippen LogP contribution in [0.25, 0.3) is 0 Å². The van der Waals surface area contributed by atoms with Crippen molar-refractivity contribution in [1.29, 1.82) is 0 Å². The molecule has 0 heterocycles. The Balaban J connectivity index is 2.06. The third-order valence-electron chi connectivity index (χ3n) is 3.16. The monoisotopic (exact) mass is 373 g/mol. The molecule has 0 aliphatic carbocycles. The minimum absolute atomic E-state index is 0.142. The van der Waals surface area contributed by atoms with E-state index in [1.807, 2.05) is 0 Å². The lowest BCUT2D eigenvalue weighted by atomic mass is 10.3. The fraction of sp³-hybridized carbons (Fsp3) is 0.250. The Bertz CT molecular complexity index is 783. The van der Waals surface area contributed by atoms with E-state index in [4.69, 9.17) is 16.3 Å². The quantitative estimate of drug-likeness (QED) is 0.810. The number of hydrogen-bond donors (Lipinski definition) is 1. The van der Waals surface area contributed by atoms with E-state index in [9.17, 15) is 17.9 Å². The zero-order chi connectivity index (χ0) is 17.7. The highest BCUT2D eigenvalue weighted by Crippen LogP contribution is 2.23. The van der Waals surface area contributed by atoms with Gasteiger partial charge in [-0.1, -0.05) is 23.7 Å². The molecule has 5 nitrogen and oxygen atoms in total. The lowest BCUT2D eigenvalue weighted by Gasteiger charge is -2.25. The predicted octanol–water partition coefficient (Wildman–Crippen LogP) is 2.69. The molecule has 0 aliphatic rings. The van der Waals surface area contributed by atoms with Crippen LogP contribution in [0.1, 0.15) is 0 Å². The summed E-state index contributed by atoms with van der Waals surface area (Å²) in [5.74, 6) is -0.0827. The number of para-hydroxylation sites is 1. The predicted molar refractivity (Wildman–Crippen MR) is 91.5 cm³/mol. The molecule has 0 aliphatic heterocycles. The average molecular weight is 374 g/mol. The first-order valence-corrected chi connectivity index (χ1v) is 9.28. The van der Waals surface area contributed by atoms with Crippen LogP contribution in [0.4, 0.5) is 10.1 Å². The number of benzene rings is 2. The number of aliphatic hydroxyl groups is 1. The van der Waals surface area contributed by atoms with Gasteiger partial charge in [-0.15, -0.1) is 0 Å². The van der Waals surface area contributed by atoms with E-state index in [0.29, 0.717) is 10.8 Å². The van der Waals surface area contributed by atoms with E-state index in [-0.39, 0.29) is 18.8 Å². The van der Waals surface area contributed by atoms with Crippen molar-refractivity contribution in [3.63, 3.8) is 0 Å². The Kier molecular flexibility index (Phi) is 6.04. The summed E-state index contributed by atoms with van der Waals surface area (Å²) in [5, 5.41) is 10.5. The second-order valence-corrected chi connectivity index (χ2v) is 7.48. The first kappa shape index (κ1) is 18.5. The molecule has 2 aromatic carbocycles. The second-order valence-electron chi connectivity index (χ2n) is 5.17. The first-order valence-electron chi connectivity index (χ1n) is 7.06. The summed E-state index contributed by atoms with van der Waals surface area (Å²) >= 11 is 5.95. The van der Waals surface area contributed by atoms with Crippen molar-refractivity contribution < 1.29 is 22.7 Å². The van der Waals surface area contributed by atoms with Crippen molar-refractivity contribution in [2.24, 2.45) is 0 Å². The van der Waals surface area contributed by atoms with Gasteiger partial charge in [0.05, 0.1) is 23.5 Å². The number of nitrogens with zero attached hydrogens (tertiary/aromatic N) is 1. The molecule has 0 amide bonds. The average Bonchev–Trinajstić information content (AvgIpc) is 2.52. The molecule has 0 saturated carbocycles. The van der Waals surface area contributed by atoms with Crippen LogP contribution in [0.5, 0.6) is 5.75 Å². The minimum Gasteiger partial charge on any atom is -0.489 e. The van der Waals surface area contributed by atoms with Gasteiger partial charge in [0.25, 0.3) is 0 Å². The highest BCUT2D eigenvalue weighted by atomic mass is 35.5. The molecule has 2 aromatic rings. The Morgan fingerprint density at radius 1 is 1.21 bits per heavy atom. The zero-order valence-corrected chi connectivity index (χ0v) is 14.5. The van der Waals surface area contributed by atoms with Gasteiger partial charge in [0.1, 0.15) is 24.3 Å². The lowest BCUT2D eigenvalue weighted by molar-refractivity contribution is 0.115. The van der Waals surface area contributed by atoms with Crippen molar-refractivity contribution in [3.8, 4) is 5.75 Å². The van der Waals surface area contributed by atoms with Gasteiger partial charge < -0.3 is 9.84 Å². The molecule has 0 saturated heterocycles. The van der Waals surface area contributed by atoms with Gasteiger partial charge in [-0.25, -0.2) is 12.8 Å². The van der Waals surface area contributed by atoms with Crippen LogP contribution in [-0.2, 0) is 10.0 Å². The summed E-state index contributed by atoms with van der Waals surface area (Å²) < 4.78 is 43.3. The summed E-state index contributed by atoms with van der Waals surface area (Å²) in [5.41, 5.74) is 0.260. The van der Waals surface area contributed by atoms with Gasteiger partial charge in [0.2, 0.25) is 10.0 Å². The largest absolute Gasteiger partial charge is 0.489 e. The summed E-state index contributed by atoms with van der Waals surface area (Å²) in [6.45, 7) is -0.369. The highest BCUT2D eigenvalue weighted by molar-refractivity contribution is 7.92. The maximum Gasteiger partial charge on any atom is 0.232 e. The summed E-state index contributed by atoms with van der Waals surface area (Å²) in [4.78, 5) is 0. The van der Waals surface area contributed by atoms with Crippen molar-refractivity contribution in [1.82, 2.24) is 0 Å². The normalized spacial score (nSPS) is 12.7. The summed E-state index contributed by atoms with van der Waals surface area (Å²) in [7, 11) is -3.65. The Hall–Kier alpha value is -1.83. The molecule has 1 N–H and O–H groups in total. The second kappa shape index (κ2) is 7.83. The van der Waals surface area contributed by atoms with Crippen molar-refractivity contribution in [2.45, 2.75) is 6.10 Å². The number of rotatable bonds is 7. The zero-order valence-electron chi connectivity index (χ0n) is 12.9. The SMILES string of the molecule is CS(=O)(=O)N(CC(O)COc1ccccc1Cl)c1ccc(F)cc1. The topological polar surface area (TPSA) is 66.8 Å². The van der Waals surface area contributed by atoms with Crippen LogP contribution < -0.4 is 9.04 Å². The van der Waals surface area contributed by atoms with Gasteiger partial charge in [0.15, 0.2) is 0 Å². The first-order chi connectivity index (χ1) is 11.3. The fourth-order valence-corrected chi connectivity index (χ4v) is 3.17. The number of sulfonamides is 1. The fourth-order valence-electron chi connectivity index (χ4n) is 2.03. The third-order valence-corrected chi connectivity index (χ3v) is 4.63. The molecule has 1 unspecified atom stereocenters. The van der Waals surface area contributed by atoms with E-state index in [2.05, 4.69) is 0 Å². The van der Waals surface area contributed by atoms with Gasteiger partial charge in [-0.05, 0) is 36.4 Å². The Morgan fingerprint density at radius 3 is 2.42 bits per heavy atom. The van der Waals surface area contributed by atoms with Crippen LogP contribution in [0, 0.1) is 5.82 Å². The summed E-state index contributed by atoms with van der Waals surface area (Å²) in [6.07, 6.45) is -0.0843. The number of aliphatic hydroxyl groups excluding tert-OH is 1. The van der Waals surface area contributed by atoms with Crippen LogP contribution in [0.15, 0.2) is 48.5 Å². The smallest absolute Gasteiger partial charge is 0.232 e. The van der Waals surface area contributed by atoms with E-state index in [0.717, 1.165) is 22.7 Å². The van der Waals surface area contributed by atoms with Crippen LogP contribution in [0.2, 0.25) is 5.02 Å². The van der Waals surface area contributed by atoms with Gasteiger partial charge >= 0.3 is 0 Å². The summed E-state index contributed by atoms with van der Waals surface area (Å²) in [6, 6.07) is 11.7. The molecule has 130 valence electrons. The Morgan fingerprint density at radius 2 is 1.83 bits per heavy atom. The van der Waals surface area contributed by atoms with E-state index in [1.165, 1.54) is 12.1 Å². The molecule has 0 aromatic heterocycles. The van der Waals surface area contributed by atoms with Crippen LogP contribution in [0.3, 0.4) is 0 Å². The molecule has 1 atom stereocenters. The third kappa shape index (κ3) is 5.09. The number of ether oxygens (including phenoxy) is 1. The number of anilines is 1. The number of hydrogen-bond acceptors (Lipinski definition) is 4. The molecular weight excluding hydrogens is 357 g/mol. The van der Waals surface area contributed by atoms with E-state index in [1.54, 1.807) is 24.3 Å². The maximum atomic E-state index is 13.0. The lowest BCUT2D eigenvalue weighted by Crippen LogP contribution is -2.39. The van der Waals surface area contributed by atoms with Gasteiger partial charge in [0, 0.05) is 0 Å². The van der Waals surface area contributed by atoms with Crippen LogP contribution in [-0.4, -0.2) is 39.0 Å². The van der Waals surface area contributed by atoms with Crippen molar-refractivity contribution in [3.05, 3.63) is 59.4 Å². The van der Waals surface area contributed by atoms with Crippen LogP contribution >= 0.6 is 11.6 Å². The maximum absolute atomic E-state index is 13.0. The molecule has 0 radical (unpaired) electrons. The molecule has 2 rings (SSSR count). The molecule has 0 fully saturated rings. The van der Waals surface area contributed by atoms with Crippen molar-refractivity contribution in [2.75, 3.05) is 23.7 Å². The highest BCUT2D eigenvalue weighted by Gasteiger charge is 2.21. The molecule has 24 heavy (non-hydrogen) atoms.